The fourth-order valence-corrected chi connectivity index (χ4v) is 2.13. The van der Waals surface area contributed by atoms with Gasteiger partial charge >= 0.3 is 0 Å². The van der Waals surface area contributed by atoms with Crippen LogP contribution < -0.4 is 4.74 Å². The van der Waals surface area contributed by atoms with Crippen LogP contribution in [-0.2, 0) is 0 Å². The lowest BCUT2D eigenvalue weighted by molar-refractivity contribution is 0.242. The first-order valence-corrected chi connectivity index (χ1v) is 6.43. The Morgan fingerprint density at radius 2 is 1.80 bits per heavy atom. The third-order valence-electron chi connectivity index (χ3n) is 2.92. The first-order chi connectivity index (χ1) is 9.24. The topological polar surface area (TPSA) is 27.1 Å². The van der Waals surface area contributed by atoms with Crippen LogP contribution in [0.15, 0.2) is 54.9 Å². The van der Waals surface area contributed by atoms with Crippen LogP contribution in [0.3, 0.4) is 0 Å². The molecule has 3 aromatic rings. The van der Waals surface area contributed by atoms with Crippen LogP contribution in [0.5, 0.6) is 5.75 Å². The molecule has 3 nitrogen and oxygen atoms in total. The predicted octanol–water partition coefficient (Wildman–Crippen LogP) is 4.23. The number of benzene rings is 2. The zero-order chi connectivity index (χ0) is 13.2. The Balaban J connectivity index is 0.00000147. The Bertz CT molecular complexity index is 692. The van der Waals surface area contributed by atoms with E-state index in [4.69, 9.17) is 4.74 Å². The second-order valence-electron chi connectivity index (χ2n) is 4.77. The van der Waals surface area contributed by atoms with Crippen molar-refractivity contribution in [1.29, 1.82) is 0 Å². The lowest BCUT2D eigenvalue weighted by Gasteiger charge is -2.09. The number of hydrogen-bond acceptors (Lipinski definition) is 2. The summed E-state index contributed by atoms with van der Waals surface area (Å²) in [6.45, 7) is 4.04. The van der Waals surface area contributed by atoms with Crippen molar-refractivity contribution in [2.45, 2.75) is 20.0 Å². The van der Waals surface area contributed by atoms with Crippen LogP contribution in [-0.4, -0.2) is 15.7 Å². The van der Waals surface area contributed by atoms with Crippen molar-refractivity contribution >= 4 is 23.4 Å². The Morgan fingerprint density at radius 1 is 1.05 bits per heavy atom. The minimum atomic E-state index is 0. The number of halogens is 1. The van der Waals surface area contributed by atoms with Gasteiger partial charge in [-0.3, -0.25) is 4.57 Å². The van der Waals surface area contributed by atoms with Gasteiger partial charge in [-0.2, -0.15) is 0 Å². The Morgan fingerprint density at radius 3 is 2.50 bits per heavy atom. The molecule has 0 radical (unpaired) electrons. The fourth-order valence-electron chi connectivity index (χ4n) is 2.13. The number of para-hydroxylation sites is 1. The summed E-state index contributed by atoms with van der Waals surface area (Å²) in [6.07, 6.45) is 2.02. The normalized spacial score (nSPS) is 10.6. The van der Waals surface area contributed by atoms with Crippen LogP contribution in [0.1, 0.15) is 13.8 Å². The average molecular weight is 289 g/mol. The van der Waals surface area contributed by atoms with E-state index >= 15 is 0 Å². The van der Waals surface area contributed by atoms with Crippen molar-refractivity contribution in [1.82, 2.24) is 9.55 Å². The second-order valence-corrected chi connectivity index (χ2v) is 4.77. The van der Waals surface area contributed by atoms with E-state index in [0.717, 1.165) is 22.5 Å². The Kier molecular flexibility index (Phi) is 4.30. The zero-order valence-corrected chi connectivity index (χ0v) is 12.3. The number of ether oxygens (including phenoxy) is 1. The molecule has 0 aliphatic heterocycles. The summed E-state index contributed by atoms with van der Waals surface area (Å²) < 4.78 is 7.77. The molecular weight excluding hydrogens is 272 g/mol. The molecule has 1 aromatic heterocycles. The van der Waals surface area contributed by atoms with Gasteiger partial charge in [-0.05, 0) is 38.1 Å². The van der Waals surface area contributed by atoms with Gasteiger partial charge in [-0.1, -0.05) is 18.2 Å². The molecule has 0 amide bonds. The summed E-state index contributed by atoms with van der Waals surface area (Å²) >= 11 is 0. The highest BCUT2D eigenvalue weighted by Gasteiger charge is 2.06. The molecule has 20 heavy (non-hydrogen) atoms. The summed E-state index contributed by atoms with van der Waals surface area (Å²) in [5.41, 5.74) is 3.15. The van der Waals surface area contributed by atoms with Crippen LogP contribution in [0, 0.1) is 0 Å². The molecule has 0 saturated heterocycles. The summed E-state index contributed by atoms with van der Waals surface area (Å²) in [5, 5.41) is 0. The number of hydrogen-bond donors (Lipinski definition) is 0. The van der Waals surface area contributed by atoms with Gasteiger partial charge in [0, 0.05) is 11.8 Å². The number of nitrogens with zero attached hydrogens (tertiary/aromatic N) is 2. The molecular formula is C16H17ClN2O. The van der Waals surface area contributed by atoms with Gasteiger partial charge in [-0.25, -0.2) is 4.98 Å². The van der Waals surface area contributed by atoms with Crippen LogP contribution >= 0.6 is 12.4 Å². The highest BCUT2D eigenvalue weighted by molar-refractivity contribution is 5.85. The van der Waals surface area contributed by atoms with Crippen molar-refractivity contribution in [3.8, 4) is 11.4 Å². The van der Waals surface area contributed by atoms with E-state index in [9.17, 15) is 0 Å². The standard InChI is InChI=1S/C16H16N2O.ClH/c1-12(2)19-14-8-9-16-15(10-14)17-11-18(16)13-6-4-3-5-7-13;/h3-12H,1-2H3;1H. The summed E-state index contributed by atoms with van der Waals surface area (Å²) in [5.74, 6) is 0.862. The Labute approximate surface area is 124 Å². The molecule has 1 heterocycles. The quantitative estimate of drug-likeness (QED) is 0.721. The van der Waals surface area contributed by atoms with Gasteiger partial charge in [0.2, 0.25) is 0 Å². The molecule has 0 fully saturated rings. The number of rotatable bonds is 3. The van der Waals surface area contributed by atoms with Crippen molar-refractivity contribution in [3.63, 3.8) is 0 Å². The molecule has 0 saturated carbocycles. The fraction of sp³-hybridized carbons (Fsp3) is 0.188. The molecule has 4 heteroatoms. The summed E-state index contributed by atoms with van der Waals surface area (Å²) in [4.78, 5) is 4.45. The number of fused-ring (bicyclic) bond motifs is 1. The molecule has 3 rings (SSSR count). The molecule has 0 aliphatic rings. The van der Waals surface area contributed by atoms with Crippen molar-refractivity contribution in [3.05, 3.63) is 54.9 Å². The third kappa shape index (κ3) is 2.78. The van der Waals surface area contributed by atoms with E-state index in [1.165, 1.54) is 0 Å². The maximum Gasteiger partial charge on any atom is 0.121 e. The highest BCUT2D eigenvalue weighted by atomic mass is 35.5. The van der Waals surface area contributed by atoms with Crippen molar-refractivity contribution in [2.24, 2.45) is 0 Å². The zero-order valence-electron chi connectivity index (χ0n) is 11.5. The van der Waals surface area contributed by atoms with E-state index in [1.807, 2.05) is 56.6 Å². The van der Waals surface area contributed by atoms with Crippen molar-refractivity contribution in [2.75, 3.05) is 0 Å². The molecule has 0 unspecified atom stereocenters. The molecule has 0 atom stereocenters. The van der Waals surface area contributed by atoms with E-state index < -0.39 is 0 Å². The van der Waals surface area contributed by atoms with Gasteiger partial charge in [0.1, 0.15) is 12.1 Å². The monoisotopic (exact) mass is 288 g/mol. The number of aromatic nitrogens is 2. The van der Waals surface area contributed by atoms with E-state index in [1.54, 1.807) is 0 Å². The Hall–Kier alpha value is -2.00. The van der Waals surface area contributed by atoms with Gasteiger partial charge in [-0.15, -0.1) is 12.4 Å². The molecule has 2 aromatic carbocycles. The number of imidazole rings is 1. The van der Waals surface area contributed by atoms with Gasteiger partial charge in [0.05, 0.1) is 17.1 Å². The van der Waals surface area contributed by atoms with Crippen molar-refractivity contribution < 1.29 is 4.74 Å². The van der Waals surface area contributed by atoms with E-state index in [2.05, 4.69) is 21.7 Å². The second kappa shape index (κ2) is 5.97. The summed E-state index contributed by atoms with van der Waals surface area (Å²) in [6, 6.07) is 16.2. The van der Waals surface area contributed by atoms with E-state index in [0.29, 0.717) is 0 Å². The van der Waals surface area contributed by atoms with Gasteiger partial charge in [0.25, 0.3) is 0 Å². The minimum Gasteiger partial charge on any atom is -0.491 e. The smallest absolute Gasteiger partial charge is 0.121 e. The van der Waals surface area contributed by atoms with E-state index in [-0.39, 0.29) is 18.5 Å². The lowest BCUT2D eigenvalue weighted by atomic mass is 10.2. The minimum absolute atomic E-state index is 0. The third-order valence-corrected chi connectivity index (χ3v) is 2.92. The summed E-state index contributed by atoms with van der Waals surface area (Å²) in [7, 11) is 0. The van der Waals surface area contributed by atoms with Gasteiger partial charge in [0.15, 0.2) is 0 Å². The largest absolute Gasteiger partial charge is 0.491 e. The molecule has 0 spiro atoms. The van der Waals surface area contributed by atoms with Crippen LogP contribution in [0.25, 0.3) is 16.7 Å². The van der Waals surface area contributed by atoms with Gasteiger partial charge < -0.3 is 4.74 Å². The lowest BCUT2D eigenvalue weighted by Crippen LogP contribution is -2.05. The first kappa shape index (κ1) is 14.4. The SMILES string of the molecule is CC(C)Oc1ccc2c(c1)ncn2-c1ccccc1.Cl. The first-order valence-electron chi connectivity index (χ1n) is 6.43. The molecule has 0 aliphatic carbocycles. The molecule has 0 bridgehead atoms. The predicted molar refractivity (Wildman–Crippen MR) is 84.1 cm³/mol. The average Bonchev–Trinajstić information content (AvgIpc) is 2.82. The highest BCUT2D eigenvalue weighted by Crippen LogP contribution is 2.23. The molecule has 0 N–H and O–H groups in total. The van der Waals surface area contributed by atoms with Crippen LogP contribution in [0.4, 0.5) is 0 Å². The van der Waals surface area contributed by atoms with Crippen LogP contribution in [0.2, 0.25) is 0 Å². The maximum absolute atomic E-state index is 5.69. The maximum atomic E-state index is 5.69. The molecule has 104 valence electrons.